The Balaban J connectivity index is 4.13. The third kappa shape index (κ3) is 4.36. The predicted molar refractivity (Wildman–Crippen MR) is 61.8 cm³/mol. The molecule has 14 heavy (non-hydrogen) atoms. The molecule has 0 fully saturated rings. The van der Waals surface area contributed by atoms with Gasteiger partial charge in [0.05, 0.1) is 5.75 Å². The highest BCUT2D eigenvalue weighted by atomic mass is 32.2. The monoisotopic (exact) mass is 218 g/mol. The fraction of sp³-hybridized carbons (Fsp3) is 0.909. The first-order valence-corrected chi connectivity index (χ1v) is 6.68. The van der Waals surface area contributed by atoms with Crippen LogP contribution in [0.15, 0.2) is 0 Å². The SMILES string of the molecule is CCC(C)C(=O)CS(=O)C(C)C(C)C. The average Bonchev–Trinajstić information content (AvgIpc) is 2.14. The number of rotatable bonds is 6. The minimum absolute atomic E-state index is 0.0540. The Hall–Kier alpha value is -0.180. The van der Waals surface area contributed by atoms with Crippen LogP contribution in [0.5, 0.6) is 0 Å². The smallest absolute Gasteiger partial charge is 0.148 e. The van der Waals surface area contributed by atoms with E-state index in [4.69, 9.17) is 0 Å². The van der Waals surface area contributed by atoms with Gasteiger partial charge in [-0.2, -0.15) is 0 Å². The standard InChI is InChI=1S/C11H22O2S/c1-6-9(4)11(12)7-14(13)10(5)8(2)3/h8-10H,6-7H2,1-5H3. The molecule has 0 N–H and O–H groups in total. The van der Waals surface area contributed by atoms with E-state index in [2.05, 4.69) is 0 Å². The van der Waals surface area contributed by atoms with E-state index in [0.717, 1.165) is 6.42 Å². The van der Waals surface area contributed by atoms with Gasteiger partial charge in [0, 0.05) is 22.0 Å². The highest BCUT2D eigenvalue weighted by Gasteiger charge is 2.20. The number of carbonyl (C=O) groups is 1. The fourth-order valence-electron chi connectivity index (χ4n) is 0.945. The van der Waals surface area contributed by atoms with E-state index in [1.165, 1.54) is 0 Å². The van der Waals surface area contributed by atoms with Gasteiger partial charge in [0.2, 0.25) is 0 Å². The van der Waals surface area contributed by atoms with Gasteiger partial charge < -0.3 is 0 Å². The van der Waals surface area contributed by atoms with Crippen molar-refractivity contribution in [2.45, 2.75) is 46.3 Å². The van der Waals surface area contributed by atoms with Crippen molar-refractivity contribution in [3.63, 3.8) is 0 Å². The van der Waals surface area contributed by atoms with E-state index < -0.39 is 10.8 Å². The summed E-state index contributed by atoms with van der Waals surface area (Å²) < 4.78 is 11.7. The maximum Gasteiger partial charge on any atom is 0.148 e. The van der Waals surface area contributed by atoms with Crippen molar-refractivity contribution >= 4 is 16.6 Å². The molecule has 0 aliphatic heterocycles. The summed E-state index contributed by atoms with van der Waals surface area (Å²) >= 11 is 0. The van der Waals surface area contributed by atoms with E-state index in [9.17, 15) is 9.00 Å². The summed E-state index contributed by atoms with van der Waals surface area (Å²) in [7, 11) is -0.997. The van der Waals surface area contributed by atoms with Crippen molar-refractivity contribution < 1.29 is 9.00 Å². The fourth-order valence-corrected chi connectivity index (χ4v) is 2.38. The molecule has 0 rings (SSSR count). The van der Waals surface area contributed by atoms with Gasteiger partial charge in [-0.3, -0.25) is 9.00 Å². The Kier molecular flexibility index (Phi) is 6.25. The maximum atomic E-state index is 11.7. The predicted octanol–water partition coefficient (Wildman–Crippen LogP) is 2.39. The first-order valence-electron chi connectivity index (χ1n) is 5.30. The highest BCUT2D eigenvalue weighted by Crippen LogP contribution is 2.11. The Morgan fingerprint density at radius 2 is 1.71 bits per heavy atom. The quantitative estimate of drug-likeness (QED) is 0.686. The molecule has 3 unspecified atom stereocenters. The molecule has 3 atom stereocenters. The number of hydrogen-bond acceptors (Lipinski definition) is 2. The van der Waals surface area contributed by atoms with Gasteiger partial charge in [0.1, 0.15) is 5.78 Å². The Morgan fingerprint density at radius 1 is 1.21 bits per heavy atom. The molecule has 0 radical (unpaired) electrons. The van der Waals surface area contributed by atoms with Gasteiger partial charge >= 0.3 is 0 Å². The molecule has 0 aliphatic carbocycles. The summed E-state index contributed by atoms with van der Waals surface area (Å²) in [6.07, 6.45) is 0.839. The van der Waals surface area contributed by atoms with Gasteiger partial charge in [0.25, 0.3) is 0 Å². The van der Waals surface area contributed by atoms with Gasteiger partial charge in [-0.1, -0.05) is 34.6 Å². The lowest BCUT2D eigenvalue weighted by atomic mass is 10.1. The summed E-state index contributed by atoms with van der Waals surface area (Å²) in [5.41, 5.74) is 0. The van der Waals surface area contributed by atoms with Crippen LogP contribution in [0.25, 0.3) is 0 Å². The number of hydrogen-bond donors (Lipinski definition) is 0. The van der Waals surface area contributed by atoms with Gasteiger partial charge in [0.15, 0.2) is 0 Å². The van der Waals surface area contributed by atoms with E-state index in [-0.39, 0.29) is 22.7 Å². The van der Waals surface area contributed by atoms with Gasteiger partial charge in [-0.25, -0.2) is 0 Å². The first-order chi connectivity index (χ1) is 6.40. The first kappa shape index (κ1) is 13.8. The van der Waals surface area contributed by atoms with E-state index in [1.54, 1.807) is 0 Å². The molecule has 0 aliphatic rings. The molecule has 0 aromatic heterocycles. The molecular formula is C11H22O2S. The zero-order chi connectivity index (χ0) is 11.3. The second kappa shape index (κ2) is 6.33. The topological polar surface area (TPSA) is 34.1 Å². The molecule has 0 spiro atoms. The molecular weight excluding hydrogens is 196 g/mol. The van der Waals surface area contributed by atoms with E-state index >= 15 is 0 Å². The molecule has 2 nitrogen and oxygen atoms in total. The summed E-state index contributed by atoms with van der Waals surface area (Å²) in [6, 6.07) is 0. The van der Waals surface area contributed by atoms with Crippen molar-refractivity contribution in [1.29, 1.82) is 0 Å². The van der Waals surface area contributed by atoms with Crippen LogP contribution in [0.2, 0.25) is 0 Å². The minimum Gasteiger partial charge on any atom is -0.298 e. The molecule has 0 heterocycles. The van der Waals surface area contributed by atoms with Crippen LogP contribution >= 0.6 is 0 Å². The van der Waals surface area contributed by atoms with Gasteiger partial charge in [-0.05, 0) is 12.3 Å². The van der Waals surface area contributed by atoms with Crippen molar-refractivity contribution in [1.82, 2.24) is 0 Å². The number of carbonyl (C=O) groups excluding carboxylic acids is 1. The van der Waals surface area contributed by atoms with Crippen molar-refractivity contribution in [3.05, 3.63) is 0 Å². The third-order valence-electron chi connectivity index (χ3n) is 2.80. The summed E-state index contributed by atoms with van der Waals surface area (Å²) in [5.74, 6) is 0.797. The Labute approximate surface area is 89.9 Å². The molecule has 0 bridgehead atoms. The molecule has 3 heteroatoms. The molecule has 84 valence electrons. The zero-order valence-electron chi connectivity index (χ0n) is 9.87. The number of ketones is 1. The largest absolute Gasteiger partial charge is 0.298 e. The average molecular weight is 218 g/mol. The van der Waals surface area contributed by atoms with E-state index in [0.29, 0.717) is 5.92 Å². The molecule has 0 saturated heterocycles. The summed E-state index contributed by atoms with van der Waals surface area (Å²) in [6.45, 7) is 9.91. The van der Waals surface area contributed by atoms with Crippen LogP contribution in [0.4, 0.5) is 0 Å². The third-order valence-corrected chi connectivity index (χ3v) is 4.74. The van der Waals surface area contributed by atoms with E-state index in [1.807, 2.05) is 34.6 Å². The van der Waals surface area contributed by atoms with Crippen LogP contribution < -0.4 is 0 Å². The van der Waals surface area contributed by atoms with Crippen LogP contribution in [-0.2, 0) is 15.6 Å². The zero-order valence-corrected chi connectivity index (χ0v) is 10.7. The molecule has 0 amide bonds. The van der Waals surface area contributed by atoms with Crippen LogP contribution in [0.3, 0.4) is 0 Å². The summed E-state index contributed by atoms with van der Waals surface area (Å²) in [4.78, 5) is 11.5. The number of Topliss-reactive ketones (excluding diaryl/α,β-unsaturated/α-hetero) is 1. The van der Waals surface area contributed by atoms with Crippen LogP contribution in [0.1, 0.15) is 41.0 Å². The Bertz CT molecular complexity index is 211. The minimum atomic E-state index is -0.997. The molecule has 0 saturated carbocycles. The lowest BCUT2D eigenvalue weighted by Gasteiger charge is -2.15. The van der Waals surface area contributed by atoms with Crippen molar-refractivity contribution in [2.75, 3.05) is 5.75 Å². The second-order valence-corrected chi connectivity index (χ2v) is 6.04. The van der Waals surface area contributed by atoms with Crippen LogP contribution in [-0.4, -0.2) is 21.0 Å². The summed E-state index contributed by atoms with van der Waals surface area (Å²) in [5, 5.41) is 0.114. The lowest BCUT2D eigenvalue weighted by molar-refractivity contribution is -0.119. The van der Waals surface area contributed by atoms with Crippen LogP contribution in [0, 0.1) is 11.8 Å². The lowest BCUT2D eigenvalue weighted by Crippen LogP contribution is -2.26. The molecule has 0 aromatic rings. The maximum absolute atomic E-state index is 11.7. The highest BCUT2D eigenvalue weighted by molar-refractivity contribution is 7.86. The second-order valence-electron chi connectivity index (χ2n) is 4.25. The Morgan fingerprint density at radius 3 is 2.07 bits per heavy atom. The van der Waals surface area contributed by atoms with Crippen molar-refractivity contribution in [2.24, 2.45) is 11.8 Å². The normalized spacial score (nSPS) is 17.9. The molecule has 0 aromatic carbocycles. The van der Waals surface area contributed by atoms with Crippen molar-refractivity contribution in [3.8, 4) is 0 Å². The van der Waals surface area contributed by atoms with Gasteiger partial charge in [-0.15, -0.1) is 0 Å².